The molecule has 1 aliphatic heterocycles. The summed E-state index contributed by atoms with van der Waals surface area (Å²) in [4.78, 5) is 0. The van der Waals surface area contributed by atoms with Crippen LogP contribution in [-0.2, 0) is 0 Å². The number of hydrogen-bond acceptors (Lipinski definition) is 3. The predicted molar refractivity (Wildman–Crippen MR) is 86.3 cm³/mol. The van der Waals surface area contributed by atoms with Gasteiger partial charge in [0.2, 0.25) is 0 Å². The van der Waals surface area contributed by atoms with Crippen molar-refractivity contribution in [2.24, 2.45) is 0 Å². The summed E-state index contributed by atoms with van der Waals surface area (Å²) in [5.41, 5.74) is 2.16. The molecule has 0 unspecified atom stereocenters. The molecule has 0 saturated heterocycles. The van der Waals surface area contributed by atoms with Gasteiger partial charge in [0.05, 0.1) is 0 Å². The van der Waals surface area contributed by atoms with Crippen LogP contribution >= 0.6 is 0 Å². The van der Waals surface area contributed by atoms with E-state index in [2.05, 4.69) is 46.4 Å². The molecule has 1 aliphatic rings. The van der Waals surface area contributed by atoms with E-state index < -0.39 is 0 Å². The molecule has 0 N–H and O–H groups in total. The summed E-state index contributed by atoms with van der Waals surface area (Å²) in [6.07, 6.45) is 0. The fourth-order valence-corrected chi connectivity index (χ4v) is 2.91. The van der Waals surface area contributed by atoms with Crippen LogP contribution in [0.25, 0.3) is 10.8 Å². The van der Waals surface area contributed by atoms with Gasteiger partial charge in [-0.2, -0.15) is 0 Å². The maximum Gasteiger partial charge on any atom is 0.153 e. The highest BCUT2D eigenvalue weighted by molar-refractivity contribution is 6.00. The van der Waals surface area contributed by atoms with Crippen LogP contribution in [0.4, 0.5) is 11.4 Å². The number of nitrogens with zero attached hydrogens (tertiary/aromatic N) is 2. The molecule has 21 heavy (non-hydrogen) atoms. The molecule has 0 saturated carbocycles. The second-order valence-corrected chi connectivity index (χ2v) is 5.36. The number of para-hydroxylation sites is 2. The Bertz CT molecular complexity index is 826. The Balaban J connectivity index is 2.05. The normalized spacial score (nSPS) is 13.0. The lowest BCUT2D eigenvalue weighted by Crippen LogP contribution is -2.34. The Labute approximate surface area is 123 Å². The van der Waals surface area contributed by atoms with E-state index in [1.165, 1.54) is 10.8 Å². The first-order valence-electron chi connectivity index (χ1n) is 7.02. The molecule has 3 heteroatoms. The third-order valence-electron chi connectivity index (χ3n) is 3.79. The van der Waals surface area contributed by atoms with E-state index in [-0.39, 0.29) is 0 Å². The Morgan fingerprint density at radius 1 is 0.810 bits per heavy atom. The van der Waals surface area contributed by atoms with Gasteiger partial charge in [-0.05, 0) is 23.6 Å². The zero-order chi connectivity index (χ0) is 14.4. The van der Waals surface area contributed by atoms with E-state index >= 15 is 0 Å². The predicted octanol–water partition coefficient (Wildman–Crippen LogP) is 4.56. The molecule has 0 atom stereocenters. The van der Waals surface area contributed by atoms with Crippen molar-refractivity contribution in [2.45, 2.75) is 0 Å². The highest BCUT2D eigenvalue weighted by Gasteiger charge is 2.27. The van der Waals surface area contributed by atoms with Crippen LogP contribution in [-0.4, -0.2) is 19.1 Å². The van der Waals surface area contributed by atoms with Gasteiger partial charge in [0.1, 0.15) is 11.4 Å². The quantitative estimate of drug-likeness (QED) is 0.648. The summed E-state index contributed by atoms with van der Waals surface area (Å²) in [6, 6.07) is 20.7. The van der Waals surface area contributed by atoms with E-state index in [0.717, 1.165) is 22.9 Å². The molecule has 104 valence electrons. The largest absolute Gasteiger partial charge is 0.453 e. The number of anilines is 2. The van der Waals surface area contributed by atoms with Crippen molar-refractivity contribution in [3.05, 3.63) is 60.7 Å². The second-order valence-electron chi connectivity index (χ2n) is 5.36. The summed E-state index contributed by atoms with van der Waals surface area (Å²) >= 11 is 0. The SMILES string of the molecule is CN(C)N1c2ccccc2Oc2ccc3ccccc3c21. The van der Waals surface area contributed by atoms with Crippen LogP contribution < -0.4 is 9.75 Å². The molecule has 0 amide bonds. The van der Waals surface area contributed by atoms with Crippen molar-refractivity contribution in [2.75, 3.05) is 19.1 Å². The Kier molecular flexibility index (Phi) is 2.62. The Morgan fingerprint density at radius 3 is 2.43 bits per heavy atom. The van der Waals surface area contributed by atoms with Gasteiger partial charge < -0.3 is 4.74 Å². The molecular formula is C18H16N2O. The standard InChI is InChI=1S/C18H16N2O/c1-19(2)20-15-9-5-6-10-16(15)21-17-12-11-13-7-3-4-8-14(13)18(17)20/h3-12H,1-2H3. The van der Waals surface area contributed by atoms with Gasteiger partial charge >= 0.3 is 0 Å². The lowest BCUT2D eigenvalue weighted by Gasteiger charge is -2.37. The summed E-state index contributed by atoms with van der Waals surface area (Å²) in [7, 11) is 4.10. The Morgan fingerprint density at radius 2 is 1.57 bits per heavy atom. The average Bonchev–Trinajstić information content (AvgIpc) is 2.52. The minimum atomic E-state index is 0.883. The van der Waals surface area contributed by atoms with Crippen molar-refractivity contribution in [3.63, 3.8) is 0 Å². The van der Waals surface area contributed by atoms with Gasteiger partial charge in [0.25, 0.3) is 0 Å². The van der Waals surface area contributed by atoms with Gasteiger partial charge in [-0.3, -0.25) is 5.01 Å². The van der Waals surface area contributed by atoms with E-state index in [4.69, 9.17) is 4.74 Å². The molecule has 3 aromatic rings. The van der Waals surface area contributed by atoms with E-state index in [1.54, 1.807) is 0 Å². The molecule has 4 rings (SSSR count). The molecule has 0 radical (unpaired) electrons. The van der Waals surface area contributed by atoms with E-state index in [0.29, 0.717) is 0 Å². The van der Waals surface area contributed by atoms with Crippen LogP contribution in [0.3, 0.4) is 0 Å². The topological polar surface area (TPSA) is 15.7 Å². The zero-order valence-corrected chi connectivity index (χ0v) is 12.1. The van der Waals surface area contributed by atoms with Crippen molar-refractivity contribution in [1.29, 1.82) is 0 Å². The molecule has 0 aliphatic carbocycles. The second kappa shape index (κ2) is 4.50. The number of benzene rings is 3. The van der Waals surface area contributed by atoms with Gasteiger partial charge in [-0.15, -0.1) is 0 Å². The van der Waals surface area contributed by atoms with Gasteiger partial charge in [0.15, 0.2) is 11.5 Å². The lowest BCUT2D eigenvalue weighted by atomic mass is 10.1. The molecule has 0 spiro atoms. The maximum atomic E-state index is 6.10. The van der Waals surface area contributed by atoms with Gasteiger partial charge in [-0.25, -0.2) is 5.01 Å². The Hall–Kier alpha value is -2.52. The van der Waals surface area contributed by atoms with Gasteiger partial charge in [0, 0.05) is 19.5 Å². The first-order chi connectivity index (χ1) is 10.3. The first kappa shape index (κ1) is 12.2. The average molecular weight is 276 g/mol. The van der Waals surface area contributed by atoms with Crippen molar-refractivity contribution in [1.82, 2.24) is 5.01 Å². The molecular weight excluding hydrogens is 260 g/mol. The molecule has 1 heterocycles. The smallest absolute Gasteiger partial charge is 0.153 e. The monoisotopic (exact) mass is 276 g/mol. The third kappa shape index (κ3) is 1.78. The van der Waals surface area contributed by atoms with Crippen LogP contribution in [0, 0.1) is 0 Å². The number of ether oxygens (including phenoxy) is 1. The van der Waals surface area contributed by atoms with Crippen LogP contribution in [0.5, 0.6) is 11.5 Å². The highest BCUT2D eigenvalue weighted by Crippen LogP contribution is 2.49. The molecule has 0 bridgehead atoms. The molecule has 0 fully saturated rings. The van der Waals surface area contributed by atoms with Gasteiger partial charge in [-0.1, -0.05) is 42.5 Å². The first-order valence-corrected chi connectivity index (χ1v) is 7.02. The summed E-state index contributed by atoms with van der Waals surface area (Å²) in [5.74, 6) is 1.77. The fraction of sp³-hybridized carbons (Fsp3) is 0.111. The minimum absolute atomic E-state index is 0.883. The third-order valence-corrected chi connectivity index (χ3v) is 3.79. The summed E-state index contributed by atoms with van der Waals surface area (Å²) < 4.78 is 6.10. The number of hydrogen-bond donors (Lipinski definition) is 0. The summed E-state index contributed by atoms with van der Waals surface area (Å²) in [6.45, 7) is 0. The lowest BCUT2D eigenvalue weighted by molar-refractivity contribution is 0.386. The maximum absolute atomic E-state index is 6.10. The van der Waals surface area contributed by atoms with Crippen molar-refractivity contribution in [3.8, 4) is 11.5 Å². The number of fused-ring (bicyclic) bond motifs is 4. The summed E-state index contributed by atoms with van der Waals surface area (Å²) in [5, 5.41) is 6.70. The highest BCUT2D eigenvalue weighted by atomic mass is 16.5. The van der Waals surface area contributed by atoms with Crippen LogP contribution in [0.1, 0.15) is 0 Å². The zero-order valence-electron chi connectivity index (χ0n) is 12.1. The van der Waals surface area contributed by atoms with E-state index in [1.807, 2.05) is 38.4 Å². The minimum Gasteiger partial charge on any atom is -0.453 e. The molecule has 0 aromatic heterocycles. The number of hydrazine groups is 1. The van der Waals surface area contributed by atoms with E-state index in [9.17, 15) is 0 Å². The van der Waals surface area contributed by atoms with Crippen molar-refractivity contribution >= 4 is 22.1 Å². The molecule has 3 aromatic carbocycles. The van der Waals surface area contributed by atoms with Crippen molar-refractivity contribution < 1.29 is 4.74 Å². The molecule has 3 nitrogen and oxygen atoms in total. The fourth-order valence-electron chi connectivity index (χ4n) is 2.91. The number of rotatable bonds is 1. The van der Waals surface area contributed by atoms with Crippen LogP contribution in [0.15, 0.2) is 60.7 Å². The van der Waals surface area contributed by atoms with Crippen LogP contribution in [0.2, 0.25) is 0 Å².